The Labute approximate surface area is 142 Å². The van der Waals surface area contributed by atoms with E-state index in [-0.39, 0.29) is 5.92 Å². The molecule has 1 fully saturated rings. The van der Waals surface area contributed by atoms with Crippen molar-refractivity contribution in [2.24, 2.45) is 5.92 Å². The summed E-state index contributed by atoms with van der Waals surface area (Å²) < 4.78 is 5.39. The number of aliphatic hydroxyl groups excluding tert-OH is 1. The fourth-order valence-corrected chi connectivity index (χ4v) is 3.16. The number of aromatic amines is 1. The normalized spacial score (nSPS) is 17.3. The van der Waals surface area contributed by atoms with Crippen molar-refractivity contribution in [2.75, 3.05) is 19.7 Å². The second kappa shape index (κ2) is 8.00. The van der Waals surface area contributed by atoms with Crippen LogP contribution in [0.1, 0.15) is 30.3 Å². The van der Waals surface area contributed by atoms with Crippen LogP contribution in [0.25, 0.3) is 0 Å². The van der Waals surface area contributed by atoms with Crippen LogP contribution < -0.4 is 4.74 Å². The number of nitrogens with one attached hydrogen (secondary N) is 1. The number of aliphatic hydroxyl groups is 1. The number of hydrogen-bond acceptors (Lipinski definition) is 4. The number of ether oxygens (including phenoxy) is 1. The third kappa shape index (κ3) is 4.16. The van der Waals surface area contributed by atoms with E-state index < -0.39 is 6.10 Å². The molecule has 2 N–H and O–H groups in total. The molecule has 126 valence electrons. The molecule has 0 aliphatic carbocycles. The van der Waals surface area contributed by atoms with E-state index in [2.05, 4.69) is 32.9 Å². The Morgan fingerprint density at radius 2 is 2.08 bits per heavy atom. The third-order valence-corrected chi connectivity index (χ3v) is 4.53. The summed E-state index contributed by atoms with van der Waals surface area (Å²) >= 11 is 0. The van der Waals surface area contributed by atoms with E-state index in [1.54, 1.807) is 12.4 Å². The smallest absolute Gasteiger partial charge is 0.148 e. The predicted molar refractivity (Wildman–Crippen MR) is 92.3 cm³/mol. The second-order valence-electron chi connectivity index (χ2n) is 6.17. The molecule has 1 aromatic heterocycles. The molecular formula is C19H23N3O2. The van der Waals surface area contributed by atoms with Gasteiger partial charge in [0.2, 0.25) is 0 Å². The molecule has 2 heterocycles. The van der Waals surface area contributed by atoms with Crippen molar-refractivity contribution in [1.29, 1.82) is 0 Å². The van der Waals surface area contributed by atoms with Crippen LogP contribution in [0.5, 0.6) is 5.75 Å². The maximum atomic E-state index is 10.4. The maximum Gasteiger partial charge on any atom is 0.148 e. The van der Waals surface area contributed by atoms with Crippen molar-refractivity contribution >= 4 is 0 Å². The lowest BCUT2D eigenvalue weighted by Crippen LogP contribution is -2.35. The molecule has 0 radical (unpaired) electrons. The van der Waals surface area contributed by atoms with Gasteiger partial charge in [0.25, 0.3) is 0 Å². The number of aromatic nitrogens is 2. The molecule has 1 aliphatic rings. The second-order valence-corrected chi connectivity index (χ2v) is 6.17. The molecule has 5 nitrogen and oxygen atoms in total. The first kappa shape index (κ1) is 16.6. The number of nitrogens with zero attached hydrogens (tertiary/aromatic N) is 2. The zero-order valence-corrected chi connectivity index (χ0v) is 13.7. The van der Waals surface area contributed by atoms with E-state index in [9.17, 15) is 5.11 Å². The first-order valence-corrected chi connectivity index (χ1v) is 8.31. The summed E-state index contributed by atoms with van der Waals surface area (Å²) in [5.41, 5.74) is 1.26. The minimum atomic E-state index is -0.491. The van der Waals surface area contributed by atoms with Crippen LogP contribution in [0.2, 0.25) is 0 Å². The quantitative estimate of drug-likeness (QED) is 0.801. The molecule has 5 heteroatoms. The monoisotopic (exact) mass is 325 g/mol. The van der Waals surface area contributed by atoms with Crippen molar-refractivity contribution in [3.05, 3.63) is 48.0 Å². The summed E-state index contributed by atoms with van der Waals surface area (Å²) in [5, 5.41) is 10.4. The van der Waals surface area contributed by atoms with Gasteiger partial charge in [-0.2, -0.15) is 0 Å². The predicted octanol–water partition coefficient (Wildman–Crippen LogP) is 2.37. The zero-order chi connectivity index (χ0) is 16.8. The van der Waals surface area contributed by atoms with Crippen LogP contribution >= 0.6 is 0 Å². The van der Waals surface area contributed by atoms with Crippen LogP contribution in [-0.4, -0.2) is 39.7 Å². The standard InChI is InChI=1S/C19H23N3O2/c1-2-13-24-17-5-3-15(4-6-17)14-22-11-7-16(8-12-22)18(23)19-20-9-10-21-19/h1,3-6,9-10,16,18,23H,7-8,11-14H2,(H,20,21). The number of hydrogen-bond donors (Lipinski definition) is 2. The summed E-state index contributed by atoms with van der Waals surface area (Å²) in [5.74, 6) is 4.21. The van der Waals surface area contributed by atoms with E-state index in [0.717, 1.165) is 38.2 Å². The van der Waals surface area contributed by atoms with Gasteiger partial charge in [0.05, 0.1) is 0 Å². The number of likely N-dealkylation sites (tertiary alicyclic amines) is 1. The molecule has 0 bridgehead atoms. The van der Waals surface area contributed by atoms with Gasteiger partial charge in [-0.1, -0.05) is 18.1 Å². The Bertz CT molecular complexity index is 653. The van der Waals surface area contributed by atoms with Crippen molar-refractivity contribution in [3.63, 3.8) is 0 Å². The topological polar surface area (TPSA) is 61.4 Å². The van der Waals surface area contributed by atoms with Crippen molar-refractivity contribution in [3.8, 4) is 18.1 Å². The molecule has 0 amide bonds. The van der Waals surface area contributed by atoms with Gasteiger partial charge < -0.3 is 14.8 Å². The first-order chi connectivity index (χ1) is 11.8. The summed E-state index contributed by atoms with van der Waals surface area (Å²) in [7, 11) is 0. The van der Waals surface area contributed by atoms with Crippen LogP contribution in [0, 0.1) is 18.3 Å². The maximum absolute atomic E-state index is 10.4. The van der Waals surface area contributed by atoms with Gasteiger partial charge in [0.1, 0.15) is 24.3 Å². The number of benzene rings is 1. The fraction of sp³-hybridized carbons (Fsp3) is 0.421. The molecule has 3 rings (SSSR count). The SMILES string of the molecule is C#CCOc1ccc(CN2CCC(C(O)c3ncc[nH]3)CC2)cc1. The van der Waals surface area contributed by atoms with Crippen LogP contribution in [0.3, 0.4) is 0 Å². The summed E-state index contributed by atoms with van der Waals surface area (Å²) in [4.78, 5) is 9.59. The highest BCUT2D eigenvalue weighted by molar-refractivity contribution is 5.27. The molecule has 1 atom stereocenters. The largest absolute Gasteiger partial charge is 0.481 e. The highest BCUT2D eigenvalue weighted by Gasteiger charge is 2.27. The summed E-state index contributed by atoms with van der Waals surface area (Å²) in [6, 6.07) is 8.07. The molecule has 2 aromatic rings. The third-order valence-electron chi connectivity index (χ3n) is 4.53. The van der Waals surface area contributed by atoms with E-state index in [4.69, 9.17) is 11.2 Å². The average molecular weight is 325 g/mol. The minimum absolute atomic E-state index is 0.270. The summed E-state index contributed by atoms with van der Waals surface area (Å²) in [6.45, 7) is 3.18. The van der Waals surface area contributed by atoms with Crippen LogP contribution in [0.15, 0.2) is 36.7 Å². The molecular weight excluding hydrogens is 302 g/mol. The molecule has 1 saturated heterocycles. The molecule has 1 unspecified atom stereocenters. The van der Waals surface area contributed by atoms with Gasteiger partial charge >= 0.3 is 0 Å². The lowest BCUT2D eigenvalue weighted by molar-refractivity contribution is 0.0515. The molecule has 0 saturated carbocycles. The van der Waals surface area contributed by atoms with E-state index >= 15 is 0 Å². The zero-order valence-electron chi connectivity index (χ0n) is 13.7. The Balaban J connectivity index is 1.48. The van der Waals surface area contributed by atoms with Gasteiger partial charge in [-0.25, -0.2) is 4.98 Å². The number of H-pyrrole nitrogens is 1. The van der Waals surface area contributed by atoms with Gasteiger partial charge in [-0.3, -0.25) is 4.90 Å². The van der Waals surface area contributed by atoms with E-state index in [0.29, 0.717) is 12.4 Å². The van der Waals surface area contributed by atoms with Gasteiger partial charge in [0, 0.05) is 18.9 Å². The van der Waals surface area contributed by atoms with Crippen LogP contribution in [-0.2, 0) is 6.54 Å². The van der Waals surface area contributed by atoms with E-state index in [1.165, 1.54) is 5.56 Å². The number of piperidine rings is 1. The molecule has 1 aromatic carbocycles. The summed E-state index contributed by atoms with van der Waals surface area (Å²) in [6.07, 6.45) is 10.1. The van der Waals surface area contributed by atoms with Gasteiger partial charge in [-0.05, 0) is 49.5 Å². The van der Waals surface area contributed by atoms with Crippen LogP contribution in [0.4, 0.5) is 0 Å². The first-order valence-electron chi connectivity index (χ1n) is 8.31. The lowest BCUT2D eigenvalue weighted by Gasteiger charge is -2.33. The highest BCUT2D eigenvalue weighted by Crippen LogP contribution is 2.29. The van der Waals surface area contributed by atoms with Gasteiger partial charge in [0.15, 0.2) is 0 Å². The molecule has 24 heavy (non-hydrogen) atoms. The molecule has 0 spiro atoms. The Kier molecular flexibility index (Phi) is 5.52. The fourth-order valence-electron chi connectivity index (χ4n) is 3.16. The number of terminal acetylenes is 1. The Morgan fingerprint density at radius 3 is 2.71 bits per heavy atom. The number of imidazole rings is 1. The Morgan fingerprint density at radius 1 is 1.33 bits per heavy atom. The highest BCUT2D eigenvalue weighted by atomic mass is 16.5. The van der Waals surface area contributed by atoms with Crippen molar-refractivity contribution in [2.45, 2.75) is 25.5 Å². The Hall–Kier alpha value is -2.29. The number of rotatable bonds is 6. The molecule has 1 aliphatic heterocycles. The van der Waals surface area contributed by atoms with Gasteiger partial charge in [-0.15, -0.1) is 6.42 Å². The lowest BCUT2D eigenvalue weighted by atomic mass is 9.90. The average Bonchev–Trinajstić information content (AvgIpc) is 3.16. The van der Waals surface area contributed by atoms with E-state index in [1.807, 2.05) is 12.1 Å². The minimum Gasteiger partial charge on any atom is -0.481 e. The van der Waals surface area contributed by atoms with Crippen molar-refractivity contribution in [1.82, 2.24) is 14.9 Å². The van der Waals surface area contributed by atoms with Crippen molar-refractivity contribution < 1.29 is 9.84 Å².